The normalized spacial score (nSPS) is 25.3. The zero-order chi connectivity index (χ0) is 15.0. The first kappa shape index (κ1) is 14.4. The molecular formula is C17H24N2O2. The second kappa shape index (κ2) is 5.34. The average Bonchev–Trinajstić information content (AvgIpc) is 2.78. The van der Waals surface area contributed by atoms with Crippen LogP contribution >= 0.6 is 0 Å². The van der Waals surface area contributed by atoms with E-state index in [0.29, 0.717) is 12.0 Å². The van der Waals surface area contributed by atoms with Crippen molar-refractivity contribution in [2.75, 3.05) is 6.61 Å². The first-order valence-corrected chi connectivity index (χ1v) is 7.76. The number of aromatic nitrogens is 2. The molecule has 1 aliphatic carbocycles. The summed E-state index contributed by atoms with van der Waals surface area (Å²) in [7, 11) is 0. The summed E-state index contributed by atoms with van der Waals surface area (Å²) in [6, 6.07) is 6.44. The first-order valence-electron chi connectivity index (χ1n) is 7.76. The lowest BCUT2D eigenvalue weighted by molar-refractivity contribution is -0.0498. The lowest BCUT2D eigenvalue weighted by Gasteiger charge is -2.41. The van der Waals surface area contributed by atoms with Crippen molar-refractivity contribution in [1.82, 2.24) is 9.55 Å². The van der Waals surface area contributed by atoms with Crippen molar-refractivity contribution in [3.8, 4) is 5.75 Å². The number of fused-ring (bicyclic) bond motifs is 1. The van der Waals surface area contributed by atoms with Gasteiger partial charge in [0.15, 0.2) is 0 Å². The van der Waals surface area contributed by atoms with Crippen LogP contribution in [0.1, 0.15) is 46.1 Å². The quantitative estimate of drug-likeness (QED) is 0.915. The predicted molar refractivity (Wildman–Crippen MR) is 83.6 cm³/mol. The lowest BCUT2D eigenvalue weighted by atomic mass is 9.77. The van der Waals surface area contributed by atoms with E-state index in [1.165, 1.54) is 0 Å². The summed E-state index contributed by atoms with van der Waals surface area (Å²) in [4.78, 5) is 4.47. The number of aliphatic hydroxyl groups is 1. The van der Waals surface area contributed by atoms with Crippen molar-refractivity contribution in [2.24, 2.45) is 5.92 Å². The van der Waals surface area contributed by atoms with Crippen molar-refractivity contribution in [3.63, 3.8) is 0 Å². The molecule has 1 N–H and O–H groups in total. The van der Waals surface area contributed by atoms with Gasteiger partial charge in [-0.3, -0.25) is 0 Å². The molecule has 1 aromatic heterocycles. The highest BCUT2D eigenvalue weighted by Gasteiger charge is 2.39. The van der Waals surface area contributed by atoms with Crippen LogP contribution in [0.15, 0.2) is 24.5 Å². The van der Waals surface area contributed by atoms with Crippen LogP contribution in [0.3, 0.4) is 0 Å². The highest BCUT2D eigenvalue weighted by molar-refractivity contribution is 5.77. The summed E-state index contributed by atoms with van der Waals surface area (Å²) < 4.78 is 7.95. The molecule has 1 heterocycles. The summed E-state index contributed by atoms with van der Waals surface area (Å²) in [5.41, 5.74) is 1.57. The molecule has 0 bridgehead atoms. The third kappa shape index (κ3) is 3.05. The molecule has 2 aromatic rings. The molecule has 0 aliphatic heterocycles. The molecule has 4 nitrogen and oxygen atoms in total. The Morgan fingerprint density at radius 3 is 2.86 bits per heavy atom. The van der Waals surface area contributed by atoms with Crippen molar-refractivity contribution in [3.05, 3.63) is 24.5 Å². The topological polar surface area (TPSA) is 47.3 Å². The van der Waals surface area contributed by atoms with Crippen LogP contribution in [-0.4, -0.2) is 26.9 Å². The van der Waals surface area contributed by atoms with Crippen LogP contribution in [0.5, 0.6) is 5.75 Å². The Morgan fingerprint density at radius 2 is 2.19 bits per heavy atom. The Bertz CT molecular complexity index is 623. The minimum atomic E-state index is -0.513. The van der Waals surface area contributed by atoms with Crippen LogP contribution in [0, 0.1) is 5.92 Å². The molecule has 3 rings (SSSR count). The number of ether oxygens (including phenoxy) is 1. The zero-order valence-electron chi connectivity index (χ0n) is 13.0. The summed E-state index contributed by atoms with van der Waals surface area (Å²) in [6.07, 6.45) is 4.53. The van der Waals surface area contributed by atoms with Gasteiger partial charge in [0.05, 0.1) is 29.6 Å². The van der Waals surface area contributed by atoms with Crippen LogP contribution in [0.25, 0.3) is 11.0 Å². The lowest BCUT2D eigenvalue weighted by Crippen LogP contribution is -2.41. The van der Waals surface area contributed by atoms with E-state index in [0.717, 1.165) is 42.7 Å². The second-order valence-corrected chi connectivity index (χ2v) is 6.89. The summed E-state index contributed by atoms with van der Waals surface area (Å²) in [5.74, 6) is 1.54. The van der Waals surface area contributed by atoms with E-state index in [2.05, 4.69) is 29.5 Å². The molecule has 0 saturated heterocycles. The molecule has 21 heavy (non-hydrogen) atoms. The molecule has 1 fully saturated rings. The molecule has 0 spiro atoms. The van der Waals surface area contributed by atoms with Crippen molar-refractivity contribution < 1.29 is 9.84 Å². The van der Waals surface area contributed by atoms with E-state index in [4.69, 9.17) is 4.74 Å². The predicted octanol–water partition coefficient (Wildman–Crippen LogP) is 3.55. The highest BCUT2D eigenvalue weighted by Crippen LogP contribution is 2.42. The van der Waals surface area contributed by atoms with Gasteiger partial charge in [0, 0.05) is 12.1 Å². The van der Waals surface area contributed by atoms with E-state index in [1.54, 1.807) is 0 Å². The SMILES string of the molecule is CC(C)CCOc1ccc2c(c1)ncn2C1CC(C)(O)C1. The Kier molecular flexibility index (Phi) is 3.66. The van der Waals surface area contributed by atoms with Gasteiger partial charge in [0.2, 0.25) is 0 Å². The Hall–Kier alpha value is -1.55. The van der Waals surface area contributed by atoms with Crippen molar-refractivity contribution >= 4 is 11.0 Å². The van der Waals surface area contributed by atoms with Gasteiger partial charge in [-0.05, 0) is 44.2 Å². The van der Waals surface area contributed by atoms with E-state index in [-0.39, 0.29) is 0 Å². The standard InChI is InChI=1S/C17H24N2O2/c1-12(2)6-7-21-14-4-5-16-15(8-14)18-11-19(16)13-9-17(3,20)10-13/h4-5,8,11-13,20H,6-7,9-10H2,1-3H3. The molecule has 114 valence electrons. The van der Waals surface area contributed by atoms with Crippen LogP contribution in [0.4, 0.5) is 0 Å². The molecule has 0 radical (unpaired) electrons. The zero-order valence-corrected chi connectivity index (χ0v) is 13.0. The van der Waals surface area contributed by atoms with Gasteiger partial charge in [0.1, 0.15) is 5.75 Å². The molecular weight excluding hydrogens is 264 g/mol. The third-order valence-corrected chi connectivity index (χ3v) is 4.25. The number of imidazole rings is 1. The number of nitrogens with zero attached hydrogens (tertiary/aromatic N) is 2. The first-order chi connectivity index (χ1) is 9.94. The molecule has 1 aliphatic rings. The minimum absolute atomic E-state index is 0.359. The molecule has 4 heteroatoms. The van der Waals surface area contributed by atoms with Gasteiger partial charge in [-0.15, -0.1) is 0 Å². The summed E-state index contributed by atoms with van der Waals surface area (Å²) in [6.45, 7) is 7.03. The third-order valence-electron chi connectivity index (χ3n) is 4.25. The fraction of sp³-hybridized carbons (Fsp3) is 0.588. The largest absolute Gasteiger partial charge is 0.494 e. The van der Waals surface area contributed by atoms with Gasteiger partial charge >= 0.3 is 0 Å². The number of rotatable bonds is 5. The van der Waals surface area contributed by atoms with Crippen LogP contribution in [-0.2, 0) is 0 Å². The van der Waals surface area contributed by atoms with E-state index >= 15 is 0 Å². The number of hydrogen-bond donors (Lipinski definition) is 1. The fourth-order valence-corrected chi connectivity index (χ4v) is 2.96. The highest BCUT2D eigenvalue weighted by atomic mass is 16.5. The maximum absolute atomic E-state index is 9.89. The Morgan fingerprint density at radius 1 is 1.43 bits per heavy atom. The average molecular weight is 288 g/mol. The molecule has 1 aromatic carbocycles. The molecule has 0 atom stereocenters. The molecule has 0 unspecified atom stereocenters. The number of hydrogen-bond acceptors (Lipinski definition) is 3. The van der Waals surface area contributed by atoms with E-state index in [1.807, 2.05) is 25.4 Å². The van der Waals surface area contributed by atoms with Gasteiger partial charge in [-0.1, -0.05) is 13.8 Å². The van der Waals surface area contributed by atoms with Crippen molar-refractivity contribution in [2.45, 2.75) is 51.7 Å². The Labute approximate surface area is 125 Å². The Balaban J connectivity index is 1.72. The maximum Gasteiger partial charge on any atom is 0.121 e. The van der Waals surface area contributed by atoms with Crippen molar-refractivity contribution in [1.29, 1.82) is 0 Å². The maximum atomic E-state index is 9.89. The molecule has 0 amide bonds. The van der Waals surface area contributed by atoms with Crippen LogP contribution < -0.4 is 4.74 Å². The number of benzene rings is 1. The van der Waals surface area contributed by atoms with Gasteiger partial charge < -0.3 is 14.4 Å². The smallest absolute Gasteiger partial charge is 0.121 e. The van der Waals surface area contributed by atoms with Gasteiger partial charge in [0.25, 0.3) is 0 Å². The monoisotopic (exact) mass is 288 g/mol. The molecule has 1 saturated carbocycles. The minimum Gasteiger partial charge on any atom is -0.494 e. The van der Waals surface area contributed by atoms with E-state index < -0.39 is 5.60 Å². The van der Waals surface area contributed by atoms with E-state index in [9.17, 15) is 5.11 Å². The van der Waals surface area contributed by atoms with Gasteiger partial charge in [-0.2, -0.15) is 0 Å². The summed E-state index contributed by atoms with van der Waals surface area (Å²) >= 11 is 0. The van der Waals surface area contributed by atoms with Crippen LogP contribution in [0.2, 0.25) is 0 Å². The van der Waals surface area contributed by atoms with Gasteiger partial charge in [-0.25, -0.2) is 4.98 Å². The summed E-state index contributed by atoms with van der Waals surface area (Å²) in [5, 5.41) is 9.89. The fourth-order valence-electron chi connectivity index (χ4n) is 2.96. The second-order valence-electron chi connectivity index (χ2n) is 6.89.